The van der Waals surface area contributed by atoms with Gasteiger partial charge in [-0.3, -0.25) is 4.79 Å². The van der Waals surface area contributed by atoms with Crippen LogP contribution in [0.3, 0.4) is 0 Å². The molecule has 1 atom stereocenters. The van der Waals surface area contributed by atoms with E-state index < -0.39 is 0 Å². The second-order valence-corrected chi connectivity index (χ2v) is 5.41. The number of halogens is 1. The van der Waals surface area contributed by atoms with Gasteiger partial charge in [0.25, 0.3) is 0 Å². The standard InChI is InChI=1S/C12H16ClNOS/c13-7-1-6-12(15)14-8-2-4-10(14)11-5-3-9-16-11/h3,5,9-10H,1-2,4,6-8H2. The molecule has 1 amide bonds. The summed E-state index contributed by atoms with van der Waals surface area (Å²) in [5.41, 5.74) is 0. The molecule has 1 aromatic rings. The summed E-state index contributed by atoms with van der Waals surface area (Å²) >= 11 is 7.36. The van der Waals surface area contributed by atoms with Crippen molar-refractivity contribution in [1.29, 1.82) is 0 Å². The fraction of sp³-hybridized carbons (Fsp3) is 0.583. The molecule has 0 aromatic carbocycles. The SMILES string of the molecule is O=C(CCCCl)N1CCCC1c1cccs1. The third-order valence-corrected chi connectivity index (χ3v) is 4.21. The van der Waals surface area contributed by atoms with Gasteiger partial charge in [-0.05, 0) is 30.7 Å². The van der Waals surface area contributed by atoms with Crippen LogP contribution in [-0.2, 0) is 4.79 Å². The number of likely N-dealkylation sites (tertiary alicyclic amines) is 1. The lowest BCUT2D eigenvalue weighted by molar-refractivity contribution is -0.132. The minimum atomic E-state index is 0.261. The van der Waals surface area contributed by atoms with Gasteiger partial charge in [0.1, 0.15) is 0 Å². The Kier molecular flexibility index (Phi) is 4.24. The first-order chi connectivity index (χ1) is 7.83. The second kappa shape index (κ2) is 5.69. The van der Waals surface area contributed by atoms with Crippen molar-refractivity contribution in [2.75, 3.05) is 12.4 Å². The van der Waals surface area contributed by atoms with Crippen LogP contribution >= 0.6 is 22.9 Å². The van der Waals surface area contributed by atoms with Crippen LogP contribution in [0.15, 0.2) is 17.5 Å². The summed E-state index contributed by atoms with van der Waals surface area (Å²) in [4.78, 5) is 15.3. The van der Waals surface area contributed by atoms with Gasteiger partial charge in [-0.2, -0.15) is 0 Å². The van der Waals surface area contributed by atoms with Crippen molar-refractivity contribution in [2.24, 2.45) is 0 Å². The average molecular weight is 258 g/mol. The molecule has 0 radical (unpaired) electrons. The van der Waals surface area contributed by atoms with Gasteiger partial charge in [-0.25, -0.2) is 0 Å². The molecule has 2 rings (SSSR count). The Morgan fingerprint density at radius 3 is 3.19 bits per heavy atom. The maximum absolute atomic E-state index is 12.0. The number of carbonyl (C=O) groups excluding carboxylic acids is 1. The smallest absolute Gasteiger partial charge is 0.223 e. The molecule has 1 aliphatic heterocycles. The van der Waals surface area contributed by atoms with Crippen LogP contribution in [0.1, 0.15) is 36.6 Å². The van der Waals surface area contributed by atoms with Gasteiger partial charge in [-0.15, -0.1) is 22.9 Å². The highest BCUT2D eigenvalue weighted by Crippen LogP contribution is 2.34. The van der Waals surface area contributed by atoms with Gasteiger partial charge in [0.15, 0.2) is 0 Å². The first kappa shape index (κ1) is 11.9. The zero-order chi connectivity index (χ0) is 11.4. The average Bonchev–Trinajstić information content (AvgIpc) is 2.94. The largest absolute Gasteiger partial charge is 0.335 e. The topological polar surface area (TPSA) is 20.3 Å². The Morgan fingerprint density at radius 1 is 1.62 bits per heavy atom. The van der Waals surface area contributed by atoms with Crippen molar-refractivity contribution in [1.82, 2.24) is 4.90 Å². The minimum Gasteiger partial charge on any atom is -0.335 e. The van der Waals surface area contributed by atoms with Crippen LogP contribution < -0.4 is 0 Å². The molecule has 0 N–H and O–H groups in total. The number of thiophene rings is 1. The summed E-state index contributed by atoms with van der Waals surface area (Å²) in [5, 5.41) is 2.08. The zero-order valence-corrected chi connectivity index (χ0v) is 10.8. The van der Waals surface area contributed by atoms with Crippen molar-refractivity contribution in [2.45, 2.75) is 31.7 Å². The molecule has 16 heavy (non-hydrogen) atoms. The Morgan fingerprint density at radius 2 is 2.50 bits per heavy atom. The third kappa shape index (κ3) is 2.58. The minimum absolute atomic E-state index is 0.261. The molecule has 2 heterocycles. The highest BCUT2D eigenvalue weighted by molar-refractivity contribution is 7.10. The molecule has 1 aliphatic rings. The van der Waals surface area contributed by atoms with Crippen LogP contribution in [0, 0.1) is 0 Å². The number of hydrogen-bond donors (Lipinski definition) is 0. The molecule has 2 nitrogen and oxygen atoms in total. The lowest BCUT2D eigenvalue weighted by Crippen LogP contribution is -2.29. The van der Waals surface area contributed by atoms with Crippen molar-refractivity contribution in [3.63, 3.8) is 0 Å². The van der Waals surface area contributed by atoms with Crippen molar-refractivity contribution in [3.05, 3.63) is 22.4 Å². The summed E-state index contributed by atoms with van der Waals surface area (Å²) in [7, 11) is 0. The number of alkyl halides is 1. The number of amides is 1. The van der Waals surface area contributed by atoms with Crippen molar-refractivity contribution in [3.8, 4) is 0 Å². The molecular formula is C12H16ClNOS. The molecule has 0 saturated carbocycles. The van der Waals surface area contributed by atoms with Crippen LogP contribution in [0.25, 0.3) is 0 Å². The summed E-state index contributed by atoms with van der Waals surface area (Å²) < 4.78 is 0. The van der Waals surface area contributed by atoms with Gasteiger partial charge in [-0.1, -0.05) is 6.07 Å². The van der Waals surface area contributed by atoms with Crippen molar-refractivity contribution < 1.29 is 4.79 Å². The molecule has 0 aliphatic carbocycles. The van der Waals surface area contributed by atoms with E-state index in [0.29, 0.717) is 18.3 Å². The highest BCUT2D eigenvalue weighted by atomic mass is 35.5. The van der Waals surface area contributed by atoms with E-state index in [2.05, 4.69) is 17.5 Å². The van der Waals surface area contributed by atoms with Gasteiger partial charge < -0.3 is 4.90 Å². The van der Waals surface area contributed by atoms with E-state index in [-0.39, 0.29) is 5.91 Å². The van der Waals surface area contributed by atoms with E-state index >= 15 is 0 Å². The Balaban J connectivity index is 2.01. The summed E-state index contributed by atoms with van der Waals surface area (Å²) in [5.74, 6) is 0.833. The quantitative estimate of drug-likeness (QED) is 0.757. The maximum atomic E-state index is 12.0. The summed E-state index contributed by atoms with van der Waals surface area (Å²) in [6.45, 7) is 0.906. The predicted octanol–water partition coefficient (Wildman–Crippen LogP) is 3.43. The highest BCUT2D eigenvalue weighted by Gasteiger charge is 2.29. The normalized spacial score (nSPS) is 20.3. The van der Waals surface area contributed by atoms with E-state index in [1.165, 1.54) is 4.88 Å². The fourth-order valence-electron chi connectivity index (χ4n) is 2.20. The lowest BCUT2D eigenvalue weighted by Gasteiger charge is -2.23. The molecule has 88 valence electrons. The molecule has 0 bridgehead atoms. The first-order valence-corrected chi connectivity index (χ1v) is 7.13. The van der Waals surface area contributed by atoms with E-state index in [1.54, 1.807) is 11.3 Å². The van der Waals surface area contributed by atoms with E-state index in [1.807, 2.05) is 4.90 Å². The second-order valence-electron chi connectivity index (χ2n) is 4.05. The first-order valence-electron chi connectivity index (χ1n) is 5.72. The van der Waals surface area contributed by atoms with E-state index in [9.17, 15) is 4.79 Å². The molecular weight excluding hydrogens is 242 g/mol. The zero-order valence-electron chi connectivity index (χ0n) is 9.19. The maximum Gasteiger partial charge on any atom is 0.223 e. The third-order valence-electron chi connectivity index (χ3n) is 2.97. The lowest BCUT2D eigenvalue weighted by atomic mass is 10.2. The Bertz CT molecular complexity index is 339. The molecule has 1 unspecified atom stereocenters. The Hall–Kier alpha value is -0.540. The fourth-order valence-corrected chi connectivity index (χ4v) is 3.21. The number of rotatable bonds is 4. The van der Waals surface area contributed by atoms with Gasteiger partial charge in [0.05, 0.1) is 6.04 Å². The van der Waals surface area contributed by atoms with Gasteiger partial charge in [0.2, 0.25) is 5.91 Å². The van der Waals surface area contributed by atoms with Crippen LogP contribution in [-0.4, -0.2) is 23.2 Å². The number of hydrogen-bond acceptors (Lipinski definition) is 2. The molecule has 1 fully saturated rings. The molecule has 1 saturated heterocycles. The molecule has 1 aromatic heterocycles. The number of nitrogens with zero attached hydrogens (tertiary/aromatic N) is 1. The van der Waals surface area contributed by atoms with E-state index in [4.69, 9.17) is 11.6 Å². The Labute approximate surface area is 105 Å². The summed E-state index contributed by atoms with van der Waals surface area (Å²) in [6.07, 6.45) is 3.60. The molecule has 0 spiro atoms. The van der Waals surface area contributed by atoms with Gasteiger partial charge in [0, 0.05) is 23.7 Å². The van der Waals surface area contributed by atoms with Crippen molar-refractivity contribution >= 4 is 28.8 Å². The van der Waals surface area contributed by atoms with Crippen LogP contribution in [0.5, 0.6) is 0 Å². The summed E-state index contributed by atoms with van der Waals surface area (Å²) in [6, 6.07) is 4.50. The monoisotopic (exact) mass is 257 g/mol. The molecule has 4 heteroatoms. The van der Waals surface area contributed by atoms with Crippen LogP contribution in [0.2, 0.25) is 0 Å². The predicted molar refractivity (Wildman–Crippen MR) is 68.0 cm³/mol. The van der Waals surface area contributed by atoms with Gasteiger partial charge >= 0.3 is 0 Å². The van der Waals surface area contributed by atoms with Crippen LogP contribution in [0.4, 0.5) is 0 Å². The van der Waals surface area contributed by atoms with E-state index in [0.717, 1.165) is 25.8 Å². The number of carbonyl (C=O) groups is 1.